The van der Waals surface area contributed by atoms with Crippen LogP contribution < -0.4 is 10.2 Å². The lowest BCUT2D eigenvalue weighted by Gasteiger charge is -2.26. The summed E-state index contributed by atoms with van der Waals surface area (Å²) < 4.78 is 0. The topological polar surface area (TPSA) is 74.3 Å². The molecule has 4 atom stereocenters. The first-order chi connectivity index (χ1) is 14.5. The second-order valence-electron chi connectivity index (χ2n) is 8.35. The van der Waals surface area contributed by atoms with Gasteiger partial charge in [-0.05, 0) is 11.6 Å². The number of amides is 3. The minimum Gasteiger partial charge on any atom is -0.326 e. The van der Waals surface area contributed by atoms with Crippen LogP contribution in [-0.4, -0.2) is 42.3 Å². The van der Waals surface area contributed by atoms with Crippen LogP contribution in [0.25, 0.3) is 0 Å². The first-order valence-corrected chi connectivity index (χ1v) is 10.2. The molecule has 2 N–H and O–H groups in total. The number of carbonyl (C=O) groups is 3. The zero-order chi connectivity index (χ0) is 21.0. The van der Waals surface area contributed by atoms with Crippen molar-refractivity contribution in [1.29, 1.82) is 0 Å². The Morgan fingerprint density at radius 1 is 1.03 bits per heavy atom. The molecule has 152 valence electrons. The summed E-state index contributed by atoms with van der Waals surface area (Å²) >= 11 is 0. The normalized spacial score (nSPS) is 29.6. The molecule has 2 saturated heterocycles. The van der Waals surface area contributed by atoms with Crippen LogP contribution in [0.4, 0.5) is 5.69 Å². The Morgan fingerprint density at radius 3 is 2.47 bits per heavy atom. The molecule has 5 rings (SSSR count). The Bertz CT molecular complexity index is 1070. The highest BCUT2D eigenvalue weighted by Gasteiger charge is 2.74. The lowest BCUT2D eigenvalue weighted by atomic mass is 9.76. The van der Waals surface area contributed by atoms with Gasteiger partial charge in [0.1, 0.15) is 17.9 Å². The first-order valence-electron chi connectivity index (χ1n) is 10.2. The number of imide groups is 1. The summed E-state index contributed by atoms with van der Waals surface area (Å²) in [7, 11) is 1.53. The molecule has 3 heterocycles. The molecule has 6 heteroatoms. The van der Waals surface area contributed by atoms with E-state index in [4.69, 9.17) is 0 Å². The van der Waals surface area contributed by atoms with Crippen LogP contribution in [0.3, 0.4) is 0 Å². The maximum absolute atomic E-state index is 13.8. The van der Waals surface area contributed by atoms with E-state index in [1.54, 1.807) is 11.0 Å². The fourth-order valence-corrected chi connectivity index (χ4v) is 5.64. The molecule has 3 aliphatic heterocycles. The molecule has 3 aliphatic rings. The van der Waals surface area contributed by atoms with E-state index in [0.29, 0.717) is 13.0 Å². The van der Waals surface area contributed by atoms with Crippen molar-refractivity contribution in [2.45, 2.75) is 18.0 Å². The molecule has 0 aliphatic carbocycles. The third kappa shape index (κ3) is 2.31. The highest BCUT2D eigenvalue weighted by Crippen LogP contribution is 2.50. The molecule has 6 nitrogen and oxygen atoms in total. The predicted molar refractivity (Wildman–Crippen MR) is 111 cm³/mol. The van der Waals surface area contributed by atoms with Gasteiger partial charge in [0, 0.05) is 25.6 Å². The first kappa shape index (κ1) is 18.8. The minimum atomic E-state index is -1.11. The summed E-state index contributed by atoms with van der Waals surface area (Å²) in [4.78, 5) is 43.1. The summed E-state index contributed by atoms with van der Waals surface area (Å²) in [5, 5.41) is 2.00. The zero-order valence-corrected chi connectivity index (χ0v) is 16.8. The number of quaternary nitrogens is 1. The van der Waals surface area contributed by atoms with E-state index < -0.39 is 17.4 Å². The van der Waals surface area contributed by atoms with Gasteiger partial charge in [0.05, 0.1) is 5.69 Å². The van der Waals surface area contributed by atoms with Crippen molar-refractivity contribution in [1.82, 2.24) is 4.90 Å². The molecule has 30 heavy (non-hydrogen) atoms. The number of nitrogens with zero attached hydrogens (tertiary/aromatic N) is 2. The van der Waals surface area contributed by atoms with Gasteiger partial charge in [-0.25, -0.2) is 0 Å². The standard InChI is InChI=1S/C24H23N3O3/c1-3-13-27-18-12-8-7-11-16(18)24(23(27)30)20-19(21(28)26(2)22(20)29)17(25-24)14-15-9-5-4-6-10-15/h3-12,17,19-20,25H,1,13-14H2,2H3/p+1/t17-,19+,20+,24-/m1/s1. The van der Waals surface area contributed by atoms with Crippen molar-refractivity contribution in [2.75, 3.05) is 18.5 Å². The molecule has 0 aromatic heterocycles. The van der Waals surface area contributed by atoms with Crippen molar-refractivity contribution in [3.63, 3.8) is 0 Å². The van der Waals surface area contributed by atoms with Gasteiger partial charge in [-0.3, -0.25) is 19.3 Å². The lowest BCUT2D eigenvalue weighted by Crippen LogP contribution is -2.99. The van der Waals surface area contributed by atoms with Gasteiger partial charge >= 0.3 is 0 Å². The van der Waals surface area contributed by atoms with Gasteiger partial charge in [0.25, 0.3) is 5.91 Å². The van der Waals surface area contributed by atoms with Crippen LogP contribution in [-0.2, 0) is 26.3 Å². The van der Waals surface area contributed by atoms with Crippen molar-refractivity contribution in [3.8, 4) is 0 Å². The second-order valence-corrected chi connectivity index (χ2v) is 8.35. The summed E-state index contributed by atoms with van der Waals surface area (Å²) in [5.74, 6) is -1.81. The molecular weight excluding hydrogens is 378 g/mol. The molecule has 2 aromatic carbocycles. The average Bonchev–Trinajstić information content (AvgIpc) is 3.30. The summed E-state index contributed by atoms with van der Waals surface area (Å²) in [5.41, 5.74) is 1.60. The summed E-state index contributed by atoms with van der Waals surface area (Å²) in [6, 6.07) is 17.3. The lowest BCUT2D eigenvalue weighted by molar-refractivity contribution is -0.733. The number of likely N-dealkylation sites (tertiary alicyclic amines) is 1. The van der Waals surface area contributed by atoms with Crippen LogP contribution in [0.5, 0.6) is 0 Å². The Hall–Kier alpha value is -3.25. The molecule has 1 spiro atoms. The predicted octanol–water partition coefficient (Wildman–Crippen LogP) is 0.834. The fraction of sp³-hybridized carbons (Fsp3) is 0.292. The van der Waals surface area contributed by atoms with E-state index in [9.17, 15) is 14.4 Å². The fourth-order valence-electron chi connectivity index (χ4n) is 5.64. The zero-order valence-electron chi connectivity index (χ0n) is 16.8. The Kier molecular flexibility index (Phi) is 4.15. The maximum Gasteiger partial charge on any atom is 0.294 e. The summed E-state index contributed by atoms with van der Waals surface area (Å²) in [6.45, 7) is 4.15. The SMILES string of the molecule is C=CCN1C(=O)[C@@]2([NH2+][C@H](Cc3ccccc3)[C@@H]3C(=O)N(C)C(=O)[C@H]32)c2ccccc21. The number of nitrogens with two attached hydrogens (primary N) is 1. The monoisotopic (exact) mass is 402 g/mol. The van der Waals surface area contributed by atoms with Crippen LogP contribution in [0, 0.1) is 11.8 Å². The van der Waals surface area contributed by atoms with E-state index in [1.807, 2.05) is 59.9 Å². The van der Waals surface area contributed by atoms with Gasteiger partial charge in [0.15, 0.2) is 0 Å². The number of benzene rings is 2. The number of hydrogen-bond donors (Lipinski definition) is 1. The third-order valence-electron chi connectivity index (χ3n) is 6.87. The molecule has 0 saturated carbocycles. The Morgan fingerprint density at radius 2 is 1.73 bits per heavy atom. The molecule has 0 bridgehead atoms. The number of anilines is 1. The number of rotatable bonds is 4. The van der Waals surface area contributed by atoms with Crippen molar-refractivity contribution < 1.29 is 19.7 Å². The van der Waals surface area contributed by atoms with Gasteiger partial charge in [-0.1, -0.05) is 54.6 Å². The summed E-state index contributed by atoms with van der Waals surface area (Å²) in [6.07, 6.45) is 2.31. The number of fused-ring (bicyclic) bond motifs is 4. The molecule has 2 fully saturated rings. The average molecular weight is 402 g/mol. The van der Waals surface area contributed by atoms with Crippen LogP contribution in [0.2, 0.25) is 0 Å². The Balaban J connectivity index is 1.66. The molecule has 3 amide bonds. The second kappa shape index (κ2) is 6.64. The number of para-hydroxylation sites is 1. The van der Waals surface area contributed by atoms with Crippen molar-refractivity contribution >= 4 is 23.4 Å². The van der Waals surface area contributed by atoms with Crippen molar-refractivity contribution in [3.05, 3.63) is 78.4 Å². The van der Waals surface area contributed by atoms with E-state index in [0.717, 1.165) is 16.8 Å². The highest BCUT2D eigenvalue weighted by molar-refractivity contribution is 6.14. The quantitative estimate of drug-likeness (QED) is 0.608. The number of carbonyl (C=O) groups excluding carboxylic acids is 3. The molecule has 0 unspecified atom stereocenters. The van der Waals surface area contributed by atoms with E-state index in [1.165, 1.54) is 11.9 Å². The molecular formula is C24H24N3O3+. The van der Waals surface area contributed by atoms with Crippen LogP contribution in [0.1, 0.15) is 11.1 Å². The third-order valence-corrected chi connectivity index (χ3v) is 6.87. The van der Waals surface area contributed by atoms with Crippen LogP contribution in [0.15, 0.2) is 67.3 Å². The molecule has 0 radical (unpaired) electrons. The highest BCUT2D eigenvalue weighted by atomic mass is 16.2. The smallest absolute Gasteiger partial charge is 0.294 e. The van der Waals surface area contributed by atoms with Crippen molar-refractivity contribution in [2.24, 2.45) is 11.8 Å². The Labute approximate surface area is 175 Å². The van der Waals surface area contributed by atoms with Gasteiger partial charge in [0.2, 0.25) is 17.4 Å². The van der Waals surface area contributed by atoms with Gasteiger partial charge in [-0.15, -0.1) is 6.58 Å². The number of hydrogen-bond acceptors (Lipinski definition) is 3. The largest absolute Gasteiger partial charge is 0.326 e. The molecule has 2 aromatic rings. The van der Waals surface area contributed by atoms with Crippen LogP contribution >= 0.6 is 0 Å². The minimum absolute atomic E-state index is 0.134. The maximum atomic E-state index is 13.8. The van der Waals surface area contributed by atoms with Gasteiger partial charge in [-0.2, -0.15) is 0 Å². The van der Waals surface area contributed by atoms with E-state index >= 15 is 0 Å². The van der Waals surface area contributed by atoms with E-state index in [2.05, 4.69) is 6.58 Å². The van der Waals surface area contributed by atoms with Gasteiger partial charge < -0.3 is 10.2 Å². The van der Waals surface area contributed by atoms with E-state index in [-0.39, 0.29) is 23.8 Å².